The molecule has 0 bridgehead atoms. The predicted molar refractivity (Wildman–Crippen MR) is 90.3 cm³/mol. The molecule has 0 aromatic rings. The number of unbranched alkanes of at least 4 members (excludes halogenated alkanes) is 1. The lowest BCUT2D eigenvalue weighted by atomic mass is 9.94. The molecule has 120 valence electrons. The molecule has 0 aromatic heterocycles. The Morgan fingerprint density at radius 3 is 2.40 bits per heavy atom. The molecule has 1 fully saturated rings. The Bertz CT molecular complexity index is 240. The molecule has 0 saturated carbocycles. The normalized spacial score (nSPS) is 26.1. The van der Waals surface area contributed by atoms with Crippen LogP contribution in [0.4, 0.5) is 0 Å². The second kappa shape index (κ2) is 9.78. The van der Waals surface area contributed by atoms with Crippen molar-refractivity contribution in [3.05, 3.63) is 0 Å². The zero-order chi connectivity index (χ0) is 15.0. The van der Waals surface area contributed by atoms with E-state index in [-0.39, 0.29) is 0 Å². The van der Waals surface area contributed by atoms with Crippen molar-refractivity contribution >= 4 is 0 Å². The van der Waals surface area contributed by atoms with Gasteiger partial charge in [-0.05, 0) is 31.6 Å². The van der Waals surface area contributed by atoms with E-state index in [2.05, 4.69) is 44.8 Å². The van der Waals surface area contributed by atoms with Gasteiger partial charge in [0.15, 0.2) is 0 Å². The van der Waals surface area contributed by atoms with Crippen LogP contribution in [0.2, 0.25) is 0 Å². The van der Waals surface area contributed by atoms with Crippen LogP contribution in [0.15, 0.2) is 0 Å². The summed E-state index contributed by atoms with van der Waals surface area (Å²) in [5, 5.41) is 3.79. The largest absolute Gasteiger partial charge is 0.311 e. The number of hydrogen-bond acceptors (Lipinski definition) is 2. The highest BCUT2D eigenvalue weighted by Crippen LogP contribution is 2.23. The van der Waals surface area contributed by atoms with Gasteiger partial charge in [0.25, 0.3) is 0 Å². The zero-order valence-corrected chi connectivity index (χ0v) is 14.6. The average molecular weight is 283 g/mol. The molecule has 0 aliphatic carbocycles. The maximum absolute atomic E-state index is 3.79. The van der Waals surface area contributed by atoms with Crippen molar-refractivity contribution in [3.63, 3.8) is 0 Å². The molecule has 1 aliphatic heterocycles. The second-order valence-corrected chi connectivity index (χ2v) is 7.08. The summed E-state index contributed by atoms with van der Waals surface area (Å²) in [6.45, 7) is 14.2. The van der Waals surface area contributed by atoms with Gasteiger partial charge in [0.1, 0.15) is 0 Å². The van der Waals surface area contributed by atoms with Gasteiger partial charge in [0.05, 0.1) is 0 Å². The van der Waals surface area contributed by atoms with Crippen molar-refractivity contribution in [1.29, 1.82) is 0 Å². The first-order valence-electron chi connectivity index (χ1n) is 9.11. The van der Waals surface area contributed by atoms with Crippen LogP contribution in [-0.4, -0.2) is 36.1 Å². The highest BCUT2D eigenvalue weighted by atomic mass is 15.3. The minimum absolute atomic E-state index is 0.707. The van der Waals surface area contributed by atoms with Gasteiger partial charge in [-0.3, -0.25) is 4.90 Å². The Kier molecular flexibility index (Phi) is 8.79. The fourth-order valence-electron chi connectivity index (χ4n) is 3.69. The van der Waals surface area contributed by atoms with Gasteiger partial charge >= 0.3 is 0 Å². The molecule has 1 aliphatic rings. The Morgan fingerprint density at radius 1 is 1.10 bits per heavy atom. The SMILES string of the molecule is CCCCC(CCC)N1CC(CC(C)C)NCC1CC. The van der Waals surface area contributed by atoms with Crippen molar-refractivity contribution in [1.82, 2.24) is 10.2 Å². The van der Waals surface area contributed by atoms with Gasteiger partial charge in [-0.25, -0.2) is 0 Å². The smallest absolute Gasteiger partial charge is 0.0221 e. The molecule has 2 heteroatoms. The number of hydrogen-bond donors (Lipinski definition) is 1. The quantitative estimate of drug-likeness (QED) is 0.672. The fraction of sp³-hybridized carbons (Fsp3) is 1.00. The van der Waals surface area contributed by atoms with Crippen LogP contribution in [0.1, 0.15) is 79.6 Å². The fourth-order valence-corrected chi connectivity index (χ4v) is 3.69. The summed E-state index contributed by atoms with van der Waals surface area (Å²) in [7, 11) is 0. The Balaban J connectivity index is 2.66. The van der Waals surface area contributed by atoms with E-state index >= 15 is 0 Å². The molecule has 2 nitrogen and oxygen atoms in total. The van der Waals surface area contributed by atoms with E-state index < -0.39 is 0 Å². The third-order valence-corrected chi connectivity index (χ3v) is 4.75. The third-order valence-electron chi connectivity index (χ3n) is 4.75. The molecule has 3 atom stereocenters. The first-order valence-corrected chi connectivity index (χ1v) is 9.11. The van der Waals surface area contributed by atoms with Gasteiger partial charge in [-0.2, -0.15) is 0 Å². The minimum atomic E-state index is 0.707. The van der Waals surface area contributed by atoms with E-state index in [4.69, 9.17) is 0 Å². The maximum atomic E-state index is 3.79. The topological polar surface area (TPSA) is 15.3 Å². The van der Waals surface area contributed by atoms with Crippen molar-refractivity contribution in [3.8, 4) is 0 Å². The minimum Gasteiger partial charge on any atom is -0.311 e. The van der Waals surface area contributed by atoms with Crippen LogP contribution in [0, 0.1) is 5.92 Å². The van der Waals surface area contributed by atoms with Crippen molar-refractivity contribution in [2.45, 2.75) is 97.7 Å². The molecule has 0 aromatic carbocycles. The summed E-state index contributed by atoms with van der Waals surface area (Å²) in [4.78, 5) is 2.86. The molecular formula is C18H38N2. The van der Waals surface area contributed by atoms with Crippen molar-refractivity contribution in [2.75, 3.05) is 13.1 Å². The highest BCUT2D eigenvalue weighted by Gasteiger charge is 2.31. The molecule has 3 unspecified atom stereocenters. The molecule has 1 rings (SSSR count). The average Bonchev–Trinajstić information content (AvgIpc) is 2.42. The number of piperazine rings is 1. The number of nitrogens with zero attached hydrogens (tertiary/aromatic N) is 1. The van der Waals surface area contributed by atoms with E-state index in [9.17, 15) is 0 Å². The molecule has 0 radical (unpaired) electrons. The van der Waals surface area contributed by atoms with Crippen LogP contribution < -0.4 is 5.32 Å². The molecule has 0 spiro atoms. The third kappa shape index (κ3) is 5.73. The zero-order valence-electron chi connectivity index (χ0n) is 14.6. The number of rotatable bonds is 9. The Labute approximate surface area is 127 Å². The van der Waals surface area contributed by atoms with E-state index in [1.54, 1.807) is 0 Å². The van der Waals surface area contributed by atoms with Crippen LogP contribution in [0.25, 0.3) is 0 Å². The van der Waals surface area contributed by atoms with E-state index in [0.717, 1.165) is 18.0 Å². The number of nitrogens with one attached hydrogen (secondary N) is 1. The summed E-state index contributed by atoms with van der Waals surface area (Å²) in [5.41, 5.74) is 0. The summed E-state index contributed by atoms with van der Waals surface area (Å²) in [5.74, 6) is 0.799. The lowest BCUT2D eigenvalue weighted by molar-refractivity contribution is 0.0632. The van der Waals surface area contributed by atoms with Crippen molar-refractivity contribution < 1.29 is 0 Å². The van der Waals surface area contributed by atoms with Crippen LogP contribution >= 0.6 is 0 Å². The van der Waals surface area contributed by atoms with E-state index in [0.29, 0.717) is 6.04 Å². The summed E-state index contributed by atoms with van der Waals surface area (Å²) in [6, 6.07) is 2.28. The molecule has 1 N–H and O–H groups in total. The van der Waals surface area contributed by atoms with Crippen LogP contribution in [-0.2, 0) is 0 Å². The lowest BCUT2D eigenvalue weighted by Gasteiger charge is -2.45. The van der Waals surface area contributed by atoms with E-state index in [1.807, 2.05) is 0 Å². The molecular weight excluding hydrogens is 244 g/mol. The lowest BCUT2D eigenvalue weighted by Crippen LogP contribution is -2.59. The maximum Gasteiger partial charge on any atom is 0.0221 e. The molecule has 1 heterocycles. The van der Waals surface area contributed by atoms with Gasteiger partial charge < -0.3 is 5.32 Å². The Hall–Kier alpha value is -0.0800. The highest BCUT2D eigenvalue weighted by molar-refractivity contribution is 4.89. The molecule has 20 heavy (non-hydrogen) atoms. The first-order chi connectivity index (χ1) is 9.62. The van der Waals surface area contributed by atoms with Gasteiger partial charge in [0.2, 0.25) is 0 Å². The summed E-state index contributed by atoms with van der Waals surface area (Å²) in [6.07, 6.45) is 9.43. The second-order valence-electron chi connectivity index (χ2n) is 7.08. The first kappa shape index (κ1) is 18.0. The summed E-state index contributed by atoms with van der Waals surface area (Å²) >= 11 is 0. The van der Waals surface area contributed by atoms with Crippen LogP contribution in [0.5, 0.6) is 0 Å². The van der Waals surface area contributed by atoms with Crippen LogP contribution in [0.3, 0.4) is 0 Å². The van der Waals surface area contributed by atoms with E-state index in [1.165, 1.54) is 58.0 Å². The van der Waals surface area contributed by atoms with Gasteiger partial charge in [-0.1, -0.05) is 53.9 Å². The van der Waals surface area contributed by atoms with Gasteiger partial charge in [0, 0.05) is 31.2 Å². The standard InChI is InChI=1S/C18H38N2/c1-6-9-11-18(10-7-2)20-14-16(12-15(4)5)19-13-17(20)8-3/h15-19H,6-14H2,1-5H3. The molecule has 0 amide bonds. The summed E-state index contributed by atoms with van der Waals surface area (Å²) < 4.78 is 0. The monoisotopic (exact) mass is 282 g/mol. The predicted octanol–water partition coefficient (Wildman–Crippen LogP) is 4.44. The van der Waals surface area contributed by atoms with Gasteiger partial charge in [-0.15, -0.1) is 0 Å². The van der Waals surface area contributed by atoms with Crippen molar-refractivity contribution in [2.24, 2.45) is 5.92 Å². The Morgan fingerprint density at radius 2 is 1.85 bits per heavy atom. The molecule has 1 saturated heterocycles.